The molecule has 0 bridgehead atoms. The zero-order valence-electron chi connectivity index (χ0n) is 9.12. The minimum atomic E-state index is -0.270. The first-order valence-corrected chi connectivity index (χ1v) is 9.82. The van der Waals surface area contributed by atoms with Crippen molar-refractivity contribution in [3.05, 3.63) is 24.3 Å². The molecule has 2 radical (unpaired) electrons. The minimum absolute atomic E-state index is 0.270. The molecule has 0 aliphatic carbocycles. The van der Waals surface area contributed by atoms with Gasteiger partial charge in [-0.3, -0.25) is 0 Å². The molecule has 0 atom stereocenters. The molecule has 0 amide bonds. The summed E-state index contributed by atoms with van der Waals surface area (Å²) in [6.45, 7) is 2.18. The van der Waals surface area contributed by atoms with Crippen LogP contribution in [-0.4, -0.2) is 40.3 Å². The summed E-state index contributed by atoms with van der Waals surface area (Å²) in [6.07, 6.45) is 2.68. The summed E-state index contributed by atoms with van der Waals surface area (Å²) in [5, 5.41) is 3.35. The van der Waals surface area contributed by atoms with Gasteiger partial charge in [-0.05, 0) is 0 Å². The van der Waals surface area contributed by atoms with Crippen LogP contribution in [0.1, 0.15) is 12.8 Å². The fourth-order valence-corrected chi connectivity index (χ4v) is 3.23. The third kappa shape index (κ3) is 3.38. The number of ether oxygens (including phenoxy) is 1. The van der Waals surface area contributed by atoms with E-state index < -0.39 is 0 Å². The van der Waals surface area contributed by atoms with Crippen LogP contribution >= 0.6 is 0 Å². The third-order valence-electron chi connectivity index (χ3n) is 2.73. The molecule has 2 nitrogen and oxygen atoms in total. The molecule has 1 aliphatic rings. The molecule has 1 aliphatic heterocycles. The maximum atomic E-state index is 5.93. The summed E-state index contributed by atoms with van der Waals surface area (Å²) in [5.41, 5.74) is 0. The Hall–Kier alpha value is -0.221. The molecule has 80 valence electrons. The zero-order chi connectivity index (χ0) is 10.5. The fourth-order valence-electron chi connectivity index (χ4n) is 1.81. The second-order valence-electron chi connectivity index (χ2n) is 3.84. The van der Waals surface area contributed by atoms with E-state index in [1.54, 1.807) is 0 Å². The Balaban J connectivity index is 1.91. The van der Waals surface area contributed by atoms with Gasteiger partial charge in [0, 0.05) is 0 Å². The molecule has 1 aromatic carbocycles. The van der Waals surface area contributed by atoms with Crippen molar-refractivity contribution < 1.29 is 4.74 Å². The zero-order valence-corrected chi connectivity index (χ0v) is 12.0. The normalized spacial score (nSPS) is 17.7. The van der Waals surface area contributed by atoms with Crippen LogP contribution in [0.15, 0.2) is 24.3 Å². The standard InChI is InChI=1S/C11H14NO.CH3.Sn/c1-2-4-10(5-3-1)13-11-6-8-12-9-7-11;;/h2-5,11-12H,6-9H2;1H3;. The number of hydrogen-bond acceptors (Lipinski definition) is 2. The first-order valence-electron chi connectivity index (χ1n) is 5.53. The average Bonchev–Trinajstić information content (AvgIpc) is 2.31. The van der Waals surface area contributed by atoms with E-state index in [-0.39, 0.29) is 21.1 Å². The van der Waals surface area contributed by atoms with E-state index in [0.29, 0.717) is 6.10 Å². The number of benzene rings is 1. The van der Waals surface area contributed by atoms with Gasteiger partial charge in [0.2, 0.25) is 0 Å². The van der Waals surface area contributed by atoms with Crippen LogP contribution < -0.4 is 13.6 Å². The van der Waals surface area contributed by atoms with Gasteiger partial charge in [-0.1, -0.05) is 0 Å². The Bertz CT molecular complexity index is 293. The molecule has 15 heavy (non-hydrogen) atoms. The monoisotopic (exact) mass is 311 g/mol. The first-order chi connectivity index (χ1) is 7.38. The van der Waals surface area contributed by atoms with Crippen LogP contribution in [0.3, 0.4) is 0 Å². The second-order valence-corrected chi connectivity index (χ2v) is 6.92. The van der Waals surface area contributed by atoms with Crippen LogP contribution in [0.5, 0.6) is 5.75 Å². The predicted octanol–water partition coefficient (Wildman–Crippen LogP) is 1.20. The molecule has 1 heterocycles. The van der Waals surface area contributed by atoms with E-state index in [9.17, 15) is 0 Å². The summed E-state index contributed by atoms with van der Waals surface area (Å²) in [4.78, 5) is 2.34. The fraction of sp³-hybridized carbons (Fsp3) is 0.500. The number of hydrogen-bond donors (Lipinski definition) is 1. The number of rotatable bonds is 3. The van der Waals surface area contributed by atoms with Crippen LogP contribution in [0.4, 0.5) is 0 Å². The van der Waals surface area contributed by atoms with Gasteiger partial charge >= 0.3 is 102 Å². The second kappa shape index (κ2) is 5.75. The van der Waals surface area contributed by atoms with Gasteiger partial charge in [-0.25, -0.2) is 0 Å². The predicted molar refractivity (Wildman–Crippen MR) is 64.2 cm³/mol. The summed E-state index contributed by atoms with van der Waals surface area (Å²) in [7, 11) is 0. The Morgan fingerprint density at radius 1 is 1.20 bits per heavy atom. The van der Waals surface area contributed by atoms with E-state index in [4.69, 9.17) is 4.74 Å². The molecule has 0 unspecified atom stereocenters. The molecular formula is C12H17NOSn. The van der Waals surface area contributed by atoms with Crippen molar-refractivity contribution in [3.63, 3.8) is 0 Å². The van der Waals surface area contributed by atoms with Crippen LogP contribution in [0.25, 0.3) is 0 Å². The van der Waals surface area contributed by atoms with Crippen molar-refractivity contribution in [2.75, 3.05) is 13.1 Å². The number of nitrogens with one attached hydrogen (secondary N) is 1. The van der Waals surface area contributed by atoms with Crippen molar-refractivity contribution in [1.29, 1.82) is 0 Å². The van der Waals surface area contributed by atoms with Crippen LogP contribution in [0, 0.1) is 0 Å². The molecule has 1 N–H and O–H groups in total. The molecule has 1 fully saturated rings. The van der Waals surface area contributed by atoms with Gasteiger partial charge < -0.3 is 0 Å². The molecule has 0 aromatic heterocycles. The summed E-state index contributed by atoms with van der Waals surface area (Å²) < 4.78 is 7.47. The Kier molecular flexibility index (Phi) is 4.32. The Morgan fingerprint density at radius 2 is 1.87 bits per heavy atom. The molecule has 2 rings (SSSR count). The molecule has 0 saturated carbocycles. The van der Waals surface area contributed by atoms with Gasteiger partial charge in [-0.2, -0.15) is 0 Å². The van der Waals surface area contributed by atoms with Gasteiger partial charge in [0.05, 0.1) is 0 Å². The van der Waals surface area contributed by atoms with E-state index in [1.807, 2.05) is 0 Å². The Morgan fingerprint density at radius 3 is 2.47 bits per heavy atom. The van der Waals surface area contributed by atoms with Gasteiger partial charge in [0.1, 0.15) is 0 Å². The third-order valence-corrected chi connectivity index (χ3v) is 5.33. The number of piperidine rings is 1. The summed E-state index contributed by atoms with van der Waals surface area (Å²) in [5.74, 6) is 1.04. The Labute approximate surface area is 102 Å². The van der Waals surface area contributed by atoms with E-state index >= 15 is 0 Å². The molecule has 0 spiro atoms. The van der Waals surface area contributed by atoms with Crippen molar-refractivity contribution in [1.82, 2.24) is 5.32 Å². The van der Waals surface area contributed by atoms with Crippen molar-refractivity contribution in [2.24, 2.45) is 0 Å². The quantitative estimate of drug-likeness (QED) is 0.847. The average molecular weight is 310 g/mol. The van der Waals surface area contributed by atoms with Crippen molar-refractivity contribution >= 4 is 24.7 Å². The van der Waals surface area contributed by atoms with E-state index in [1.165, 1.54) is 3.58 Å². The van der Waals surface area contributed by atoms with Gasteiger partial charge in [-0.15, -0.1) is 0 Å². The maximum absolute atomic E-state index is 5.93. The summed E-state index contributed by atoms with van der Waals surface area (Å²) in [6, 6.07) is 8.70. The van der Waals surface area contributed by atoms with Gasteiger partial charge in [0.25, 0.3) is 0 Å². The first kappa shape index (κ1) is 11.3. The van der Waals surface area contributed by atoms with Crippen molar-refractivity contribution in [3.8, 4) is 5.75 Å². The summed E-state index contributed by atoms with van der Waals surface area (Å²) >= 11 is -0.270. The molecule has 3 heteroatoms. The molecular weight excluding hydrogens is 293 g/mol. The molecule has 1 saturated heterocycles. The topological polar surface area (TPSA) is 21.3 Å². The van der Waals surface area contributed by atoms with Crippen LogP contribution in [-0.2, 0) is 0 Å². The van der Waals surface area contributed by atoms with Crippen molar-refractivity contribution in [2.45, 2.75) is 23.9 Å². The molecule has 1 aromatic rings. The SMILES string of the molecule is [CH3][Sn][c]1ccc(OC2CCNCC2)cc1. The van der Waals surface area contributed by atoms with Crippen LogP contribution in [0.2, 0.25) is 4.94 Å². The van der Waals surface area contributed by atoms with E-state index in [2.05, 4.69) is 34.5 Å². The van der Waals surface area contributed by atoms with Gasteiger partial charge in [0.15, 0.2) is 0 Å². The van der Waals surface area contributed by atoms with E-state index in [0.717, 1.165) is 31.7 Å².